The molecule has 206 valence electrons. The third-order valence-electron chi connectivity index (χ3n) is 7.27. The Morgan fingerprint density at radius 1 is 0.575 bits per heavy atom. The fourth-order valence-corrected chi connectivity index (χ4v) is 5.31. The quantitative estimate of drug-likeness (QED) is 0.274. The molecular formula is C32H30O8. The molecule has 2 N–H and O–H groups in total. The number of fused-ring (bicyclic) bond motifs is 2. The molecule has 4 aromatic rings. The molecule has 2 heterocycles. The molecule has 8 nitrogen and oxygen atoms in total. The number of aromatic hydroxyl groups is 2. The molecule has 0 saturated heterocycles. The molecule has 8 heteroatoms. The van der Waals surface area contributed by atoms with Crippen molar-refractivity contribution in [1.29, 1.82) is 0 Å². The van der Waals surface area contributed by atoms with Crippen LogP contribution in [0.25, 0.3) is 11.1 Å². The lowest BCUT2D eigenvalue weighted by atomic mass is 9.90. The molecule has 2 aliphatic heterocycles. The van der Waals surface area contributed by atoms with Gasteiger partial charge in [-0.05, 0) is 108 Å². The highest BCUT2D eigenvalue weighted by atomic mass is 16.7. The standard InChI is InChI=1S/C32H30O8/c1-35-27-11-19(13-29-31(27)39-17-37-29)3-5-21-15-23(33)7-9-25(21)26-10-8-24(34)16-22(26)6-4-20-12-28(36-2)32-30(14-20)38-18-40-32/h7-16,33-34H,3-6,17-18H2,1-2H3. The van der Waals surface area contributed by atoms with Crippen LogP contribution in [0.1, 0.15) is 22.3 Å². The lowest BCUT2D eigenvalue weighted by molar-refractivity contribution is 0.171. The molecule has 0 bridgehead atoms. The minimum absolute atomic E-state index is 0.175. The van der Waals surface area contributed by atoms with Crippen molar-refractivity contribution in [2.45, 2.75) is 25.7 Å². The van der Waals surface area contributed by atoms with Gasteiger partial charge < -0.3 is 38.6 Å². The average molecular weight is 543 g/mol. The van der Waals surface area contributed by atoms with Crippen molar-refractivity contribution < 1.29 is 38.6 Å². The molecule has 0 aromatic heterocycles. The largest absolute Gasteiger partial charge is 0.508 e. The summed E-state index contributed by atoms with van der Waals surface area (Å²) < 4.78 is 33.2. The molecule has 6 rings (SSSR count). The Hall–Kier alpha value is -4.72. The molecule has 4 aromatic carbocycles. The van der Waals surface area contributed by atoms with Gasteiger partial charge in [0.15, 0.2) is 23.0 Å². The number of phenolic OH excluding ortho intramolecular Hbond substituents is 2. The van der Waals surface area contributed by atoms with Crippen LogP contribution in [-0.2, 0) is 25.7 Å². The van der Waals surface area contributed by atoms with Gasteiger partial charge in [-0.25, -0.2) is 0 Å². The van der Waals surface area contributed by atoms with Crippen LogP contribution < -0.4 is 28.4 Å². The number of phenols is 2. The van der Waals surface area contributed by atoms with Crippen LogP contribution in [0.3, 0.4) is 0 Å². The summed E-state index contributed by atoms with van der Waals surface area (Å²) in [5, 5.41) is 20.7. The maximum absolute atomic E-state index is 10.4. The molecule has 0 saturated carbocycles. The zero-order valence-corrected chi connectivity index (χ0v) is 22.4. The first-order valence-electron chi connectivity index (χ1n) is 13.1. The van der Waals surface area contributed by atoms with Crippen LogP contribution in [0.15, 0.2) is 60.7 Å². The molecule has 0 radical (unpaired) electrons. The van der Waals surface area contributed by atoms with E-state index in [-0.39, 0.29) is 25.1 Å². The van der Waals surface area contributed by atoms with E-state index in [2.05, 4.69) is 0 Å². The Labute approximate surface area is 232 Å². The Morgan fingerprint density at radius 3 is 1.45 bits per heavy atom. The summed E-state index contributed by atoms with van der Waals surface area (Å²) in [6, 6.07) is 18.7. The number of methoxy groups -OCH3 is 2. The van der Waals surface area contributed by atoms with Gasteiger partial charge in [-0.3, -0.25) is 0 Å². The van der Waals surface area contributed by atoms with Crippen LogP contribution in [0.5, 0.6) is 46.0 Å². The number of rotatable bonds is 9. The van der Waals surface area contributed by atoms with E-state index in [1.54, 1.807) is 38.5 Å². The Morgan fingerprint density at radius 2 is 1.02 bits per heavy atom. The van der Waals surface area contributed by atoms with Crippen molar-refractivity contribution in [2.75, 3.05) is 27.8 Å². The second-order valence-electron chi connectivity index (χ2n) is 9.75. The molecule has 0 spiro atoms. The summed E-state index contributed by atoms with van der Waals surface area (Å²) in [6.07, 6.45) is 2.75. The maximum atomic E-state index is 10.4. The average Bonchev–Trinajstić information content (AvgIpc) is 3.64. The zero-order chi connectivity index (χ0) is 27.6. The van der Waals surface area contributed by atoms with Crippen molar-refractivity contribution >= 4 is 0 Å². The van der Waals surface area contributed by atoms with E-state index >= 15 is 0 Å². The number of benzene rings is 4. The SMILES string of the molecule is COc1cc(CCc2cc(O)ccc2-c2ccc(O)cc2CCc2cc(OC)c3c(c2)OCO3)cc2c1OCO2. The molecule has 0 atom stereocenters. The summed E-state index contributed by atoms with van der Waals surface area (Å²) in [5.41, 5.74) is 6.07. The fraction of sp³-hybridized carbons (Fsp3) is 0.250. The summed E-state index contributed by atoms with van der Waals surface area (Å²) in [5.74, 6) is 4.28. The highest BCUT2D eigenvalue weighted by Crippen LogP contribution is 2.43. The smallest absolute Gasteiger partial charge is 0.231 e. The van der Waals surface area contributed by atoms with Crippen molar-refractivity contribution in [3.8, 4) is 57.1 Å². The van der Waals surface area contributed by atoms with Crippen molar-refractivity contribution in [3.63, 3.8) is 0 Å². The van der Waals surface area contributed by atoms with Gasteiger partial charge in [0, 0.05) is 0 Å². The van der Waals surface area contributed by atoms with Gasteiger partial charge >= 0.3 is 0 Å². The Bertz CT molecular complexity index is 1440. The predicted molar refractivity (Wildman–Crippen MR) is 148 cm³/mol. The van der Waals surface area contributed by atoms with E-state index < -0.39 is 0 Å². The van der Waals surface area contributed by atoms with Crippen LogP contribution in [0.2, 0.25) is 0 Å². The van der Waals surface area contributed by atoms with E-state index in [4.69, 9.17) is 28.4 Å². The molecule has 0 fully saturated rings. The molecule has 40 heavy (non-hydrogen) atoms. The van der Waals surface area contributed by atoms with Gasteiger partial charge in [-0.15, -0.1) is 0 Å². The predicted octanol–water partition coefficient (Wildman–Crippen LogP) is 5.81. The molecule has 0 amide bonds. The maximum Gasteiger partial charge on any atom is 0.231 e. The summed E-state index contributed by atoms with van der Waals surface area (Å²) in [6.45, 7) is 0.350. The molecule has 0 unspecified atom stereocenters. The van der Waals surface area contributed by atoms with Crippen LogP contribution in [-0.4, -0.2) is 38.0 Å². The second-order valence-corrected chi connectivity index (χ2v) is 9.75. The number of hydrogen-bond donors (Lipinski definition) is 2. The number of ether oxygens (including phenoxy) is 6. The van der Waals surface area contributed by atoms with Crippen LogP contribution in [0, 0.1) is 0 Å². The summed E-state index contributed by atoms with van der Waals surface area (Å²) in [4.78, 5) is 0. The first-order chi connectivity index (χ1) is 19.5. The lowest BCUT2D eigenvalue weighted by Gasteiger charge is -2.16. The highest BCUT2D eigenvalue weighted by Gasteiger charge is 2.22. The van der Waals surface area contributed by atoms with Crippen molar-refractivity contribution in [2.24, 2.45) is 0 Å². The van der Waals surface area contributed by atoms with Gasteiger partial charge in [-0.1, -0.05) is 12.1 Å². The normalized spacial score (nSPS) is 12.9. The summed E-state index contributed by atoms with van der Waals surface area (Å²) in [7, 11) is 3.22. The van der Waals surface area contributed by atoms with E-state index in [9.17, 15) is 10.2 Å². The van der Waals surface area contributed by atoms with Crippen LogP contribution in [0.4, 0.5) is 0 Å². The second kappa shape index (κ2) is 10.8. The van der Waals surface area contributed by atoms with Gasteiger partial charge in [0.1, 0.15) is 11.5 Å². The molecular weight excluding hydrogens is 512 g/mol. The fourth-order valence-electron chi connectivity index (χ4n) is 5.31. The third kappa shape index (κ3) is 5.00. The van der Waals surface area contributed by atoms with Crippen LogP contribution >= 0.6 is 0 Å². The van der Waals surface area contributed by atoms with E-state index in [1.807, 2.05) is 36.4 Å². The summed E-state index contributed by atoms with van der Waals surface area (Å²) >= 11 is 0. The first kappa shape index (κ1) is 25.6. The number of hydrogen-bond acceptors (Lipinski definition) is 8. The molecule has 0 aliphatic carbocycles. The first-order valence-corrected chi connectivity index (χ1v) is 13.1. The third-order valence-corrected chi connectivity index (χ3v) is 7.27. The number of aryl methyl sites for hydroxylation is 4. The van der Waals surface area contributed by atoms with Gasteiger partial charge in [-0.2, -0.15) is 0 Å². The Kier molecular flexibility index (Phi) is 6.90. The van der Waals surface area contributed by atoms with Gasteiger partial charge in [0.25, 0.3) is 0 Å². The van der Waals surface area contributed by atoms with E-state index in [0.29, 0.717) is 60.2 Å². The topological polar surface area (TPSA) is 95.8 Å². The monoisotopic (exact) mass is 542 g/mol. The minimum Gasteiger partial charge on any atom is -0.508 e. The van der Waals surface area contributed by atoms with E-state index in [0.717, 1.165) is 33.4 Å². The lowest BCUT2D eigenvalue weighted by Crippen LogP contribution is -1.99. The van der Waals surface area contributed by atoms with Crippen molar-refractivity contribution in [3.05, 3.63) is 82.9 Å². The van der Waals surface area contributed by atoms with Crippen molar-refractivity contribution in [1.82, 2.24) is 0 Å². The van der Waals surface area contributed by atoms with E-state index in [1.165, 1.54) is 0 Å². The molecule has 2 aliphatic rings. The Balaban J connectivity index is 1.28. The highest BCUT2D eigenvalue weighted by molar-refractivity contribution is 5.73. The van der Waals surface area contributed by atoms with Gasteiger partial charge in [0.05, 0.1) is 14.2 Å². The van der Waals surface area contributed by atoms with Gasteiger partial charge in [0.2, 0.25) is 25.1 Å². The minimum atomic E-state index is 0.175. The zero-order valence-electron chi connectivity index (χ0n) is 22.4.